The van der Waals surface area contributed by atoms with Crippen LogP contribution in [-0.4, -0.2) is 48.2 Å². The van der Waals surface area contributed by atoms with Gasteiger partial charge in [0.1, 0.15) is 18.4 Å². The predicted molar refractivity (Wildman–Crippen MR) is 148 cm³/mol. The summed E-state index contributed by atoms with van der Waals surface area (Å²) in [5, 5.41) is 14.2. The Hall–Kier alpha value is -4.32. The predicted octanol–water partition coefficient (Wildman–Crippen LogP) is 4.26. The second-order valence-corrected chi connectivity index (χ2v) is 12.0. The molecule has 0 saturated heterocycles. The highest BCUT2D eigenvalue weighted by Crippen LogP contribution is 2.27. The Kier molecular flexibility index (Phi) is 9.25. The monoisotopic (exact) mass is 570 g/mol. The molecule has 0 heterocycles. The molecule has 0 radical (unpaired) electrons. The van der Waals surface area contributed by atoms with E-state index in [-0.39, 0.29) is 28.4 Å². The highest BCUT2D eigenvalue weighted by molar-refractivity contribution is 7.92. The highest BCUT2D eigenvalue weighted by Gasteiger charge is 2.34. The van der Waals surface area contributed by atoms with E-state index in [4.69, 9.17) is 0 Å². The van der Waals surface area contributed by atoms with Gasteiger partial charge in [0.25, 0.3) is 15.7 Å². The number of hydrogen-bond acceptors (Lipinski definition) is 6. The van der Waals surface area contributed by atoms with Crippen molar-refractivity contribution in [1.29, 1.82) is 0 Å². The van der Waals surface area contributed by atoms with Gasteiger partial charge in [-0.2, -0.15) is 0 Å². The summed E-state index contributed by atoms with van der Waals surface area (Å²) >= 11 is 0. The molecule has 2 amide bonds. The number of nitro benzene ring substituents is 1. The number of sulfonamides is 1. The van der Waals surface area contributed by atoms with Gasteiger partial charge in [0.05, 0.1) is 15.5 Å². The molecule has 1 N–H and O–H groups in total. The molecule has 12 heteroatoms. The maximum atomic E-state index is 14.6. The first-order valence-corrected chi connectivity index (χ1v) is 13.8. The second-order valence-electron chi connectivity index (χ2n) is 10.1. The zero-order valence-electron chi connectivity index (χ0n) is 22.6. The van der Waals surface area contributed by atoms with Crippen molar-refractivity contribution in [3.8, 4) is 0 Å². The van der Waals surface area contributed by atoms with Gasteiger partial charge in [0.15, 0.2) is 0 Å². The maximum Gasteiger partial charge on any atom is 0.271 e. The largest absolute Gasteiger partial charge is 0.350 e. The van der Waals surface area contributed by atoms with Gasteiger partial charge in [-0.15, -0.1) is 0 Å². The quantitative estimate of drug-likeness (QED) is 0.286. The summed E-state index contributed by atoms with van der Waals surface area (Å²) in [4.78, 5) is 38.6. The molecule has 0 spiro atoms. The zero-order valence-corrected chi connectivity index (χ0v) is 23.4. The standard InChI is InChI=1S/C28H31FN4O6S/c1-20(27(35)30-28(2,3)4)31(18-21-11-8-9-16-25(21)29)26(34)19-32(22-12-10-13-23(17-22)33(36)37)40(38,39)24-14-6-5-7-15-24/h5-17,20H,18-19H2,1-4H3,(H,30,35)/t20-/m1/s1. The molecule has 10 nitrogen and oxygen atoms in total. The number of nitro groups is 1. The molecule has 0 aliphatic carbocycles. The molecule has 0 unspecified atom stereocenters. The average Bonchev–Trinajstić information content (AvgIpc) is 2.90. The summed E-state index contributed by atoms with van der Waals surface area (Å²) < 4.78 is 42.8. The summed E-state index contributed by atoms with van der Waals surface area (Å²) in [5.74, 6) is -1.94. The Bertz CT molecular complexity index is 1490. The smallest absolute Gasteiger partial charge is 0.271 e. The number of nitrogens with one attached hydrogen (secondary N) is 1. The number of carbonyl (C=O) groups excluding carboxylic acids is 2. The topological polar surface area (TPSA) is 130 Å². The molecule has 0 saturated carbocycles. The van der Waals surface area contributed by atoms with Gasteiger partial charge in [-0.05, 0) is 52.0 Å². The van der Waals surface area contributed by atoms with E-state index < -0.39 is 50.7 Å². The average molecular weight is 571 g/mol. The fourth-order valence-corrected chi connectivity index (χ4v) is 5.30. The minimum Gasteiger partial charge on any atom is -0.350 e. The van der Waals surface area contributed by atoms with Crippen molar-refractivity contribution in [3.63, 3.8) is 0 Å². The van der Waals surface area contributed by atoms with Crippen molar-refractivity contribution in [3.05, 3.63) is 100 Å². The van der Waals surface area contributed by atoms with Crippen LogP contribution in [0.2, 0.25) is 0 Å². The number of non-ortho nitro benzene ring substituents is 1. The molecule has 0 aliphatic rings. The maximum absolute atomic E-state index is 14.6. The fraction of sp³-hybridized carbons (Fsp3) is 0.286. The molecule has 3 rings (SSSR count). The normalized spacial score (nSPS) is 12.3. The van der Waals surface area contributed by atoms with Gasteiger partial charge >= 0.3 is 0 Å². The summed E-state index contributed by atoms with van der Waals surface area (Å²) in [5.41, 5.74) is -1.01. The number of carbonyl (C=O) groups is 2. The lowest BCUT2D eigenvalue weighted by Crippen LogP contribution is -2.54. The molecular weight excluding hydrogens is 539 g/mol. The first kappa shape index (κ1) is 30.2. The molecule has 3 aromatic rings. The van der Waals surface area contributed by atoms with Crippen LogP contribution >= 0.6 is 0 Å². The Morgan fingerprint density at radius 3 is 2.23 bits per heavy atom. The number of anilines is 1. The van der Waals surface area contributed by atoms with E-state index in [2.05, 4.69) is 5.32 Å². The highest BCUT2D eigenvalue weighted by atomic mass is 32.2. The van der Waals surface area contributed by atoms with Crippen LogP contribution in [0.5, 0.6) is 0 Å². The summed E-state index contributed by atoms with van der Waals surface area (Å²) in [6, 6.07) is 16.8. The van der Waals surface area contributed by atoms with Crippen molar-refractivity contribution in [2.24, 2.45) is 0 Å². The minimum absolute atomic E-state index is 0.121. The van der Waals surface area contributed by atoms with E-state index in [0.29, 0.717) is 0 Å². The van der Waals surface area contributed by atoms with E-state index in [9.17, 15) is 32.5 Å². The van der Waals surface area contributed by atoms with Gasteiger partial charge in [-0.1, -0.05) is 42.5 Å². The Morgan fingerprint density at radius 1 is 1.00 bits per heavy atom. The van der Waals surface area contributed by atoms with Crippen molar-refractivity contribution in [2.45, 2.75) is 50.7 Å². The number of benzene rings is 3. The lowest BCUT2D eigenvalue weighted by Gasteiger charge is -2.33. The zero-order chi connectivity index (χ0) is 29.7. The molecule has 0 bridgehead atoms. The van der Waals surface area contributed by atoms with Gasteiger partial charge in [0, 0.05) is 29.8 Å². The number of hydrogen-bond donors (Lipinski definition) is 1. The van der Waals surface area contributed by atoms with Crippen molar-refractivity contribution >= 4 is 33.2 Å². The lowest BCUT2D eigenvalue weighted by molar-refractivity contribution is -0.384. The van der Waals surface area contributed by atoms with E-state index in [0.717, 1.165) is 15.3 Å². The Balaban J connectivity index is 2.08. The molecule has 212 valence electrons. The van der Waals surface area contributed by atoms with E-state index in [1.165, 1.54) is 67.6 Å². The van der Waals surface area contributed by atoms with Crippen LogP contribution in [0.4, 0.5) is 15.8 Å². The molecule has 1 atom stereocenters. The third kappa shape index (κ3) is 7.41. The van der Waals surface area contributed by atoms with Crippen LogP contribution in [-0.2, 0) is 26.2 Å². The number of rotatable bonds is 10. The summed E-state index contributed by atoms with van der Waals surface area (Å²) in [7, 11) is -4.39. The van der Waals surface area contributed by atoms with Gasteiger partial charge in [-0.3, -0.25) is 24.0 Å². The summed E-state index contributed by atoms with van der Waals surface area (Å²) in [6.07, 6.45) is 0. The Labute approximate surface area is 232 Å². The van der Waals surface area contributed by atoms with Crippen LogP contribution in [0, 0.1) is 15.9 Å². The number of nitrogens with zero attached hydrogens (tertiary/aromatic N) is 3. The van der Waals surface area contributed by atoms with E-state index in [1.54, 1.807) is 32.9 Å². The second kappa shape index (κ2) is 12.2. The number of halogens is 1. The third-order valence-electron chi connectivity index (χ3n) is 5.90. The van der Waals surface area contributed by atoms with Gasteiger partial charge in [-0.25, -0.2) is 12.8 Å². The molecule has 0 aromatic heterocycles. The molecule has 0 aliphatic heterocycles. The van der Waals surface area contributed by atoms with Crippen LogP contribution in [0.25, 0.3) is 0 Å². The third-order valence-corrected chi connectivity index (χ3v) is 7.69. The first-order valence-electron chi connectivity index (χ1n) is 12.4. The molecular formula is C28H31FN4O6S. The minimum atomic E-state index is -4.39. The number of amides is 2. The fourth-order valence-electron chi connectivity index (χ4n) is 3.88. The van der Waals surface area contributed by atoms with Crippen molar-refractivity contribution in [2.75, 3.05) is 10.8 Å². The van der Waals surface area contributed by atoms with E-state index >= 15 is 0 Å². The van der Waals surface area contributed by atoms with E-state index in [1.807, 2.05) is 0 Å². The van der Waals surface area contributed by atoms with Crippen molar-refractivity contribution < 1.29 is 27.3 Å². The molecule has 3 aromatic carbocycles. The van der Waals surface area contributed by atoms with Crippen LogP contribution in [0.15, 0.2) is 83.8 Å². The Morgan fingerprint density at radius 2 is 1.62 bits per heavy atom. The summed E-state index contributed by atoms with van der Waals surface area (Å²) in [6.45, 7) is 5.62. The van der Waals surface area contributed by atoms with Gasteiger partial charge in [0.2, 0.25) is 11.8 Å². The van der Waals surface area contributed by atoms with Crippen LogP contribution in [0.3, 0.4) is 0 Å². The van der Waals surface area contributed by atoms with Crippen LogP contribution < -0.4 is 9.62 Å². The molecule has 0 fully saturated rings. The van der Waals surface area contributed by atoms with Crippen LogP contribution in [0.1, 0.15) is 33.3 Å². The van der Waals surface area contributed by atoms with Gasteiger partial charge < -0.3 is 10.2 Å². The van der Waals surface area contributed by atoms with Crippen molar-refractivity contribution in [1.82, 2.24) is 10.2 Å². The molecule has 40 heavy (non-hydrogen) atoms. The first-order chi connectivity index (χ1) is 18.7. The lowest BCUT2D eigenvalue weighted by atomic mass is 10.1. The SMILES string of the molecule is C[C@H](C(=O)NC(C)(C)C)N(Cc1ccccc1F)C(=O)CN(c1cccc([N+](=O)[O-])c1)S(=O)(=O)c1ccccc1.